The van der Waals surface area contributed by atoms with Crippen LogP contribution in [-0.2, 0) is 14.3 Å². The number of nitrogens with zero attached hydrogens (tertiary/aromatic N) is 3. The van der Waals surface area contributed by atoms with Crippen molar-refractivity contribution in [1.29, 1.82) is 10.5 Å². The Labute approximate surface area is 86.6 Å². The van der Waals surface area contributed by atoms with Crippen LogP contribution in [0.5, 0.6) is 0 Å². The van der Waals surface area contributed by atoms with E-state index in [2.05, 4.69) is 4.74 Å². The van der Waals surface area contributed by atoms with E-state index in [-0.39, 0.29) is 19.7 Å². The van der Waals surface area contributed by atoms with Crippen LogP contribution in [0.15, 0.2) is 0 Å². The largest absolute Gasteiger partial charge is 0.445 e. The number of carbonyl (C=O) groups excluding carboxylic acids is 2. The van der Waals surface area contributed by atoms with E-state index in [4.69, 9.17) is 16.9 Å². The zero-order chi connectivity index (χ0) is 11.7. The van der Waals surface area contributed by atoms with Gasteiger partial charge < -0.3 is 9.64 Å². The summed E-state index contributed by atoms with van der Waals surface area (Å²) in [5.41, 5.74) is 0. The Hall–Kier alpha value is -2.52. The molecule has 0 fully saturated rings. The van der Waals surface area contributed by atoms with Gasteiger partial charge in [-0.25, -0.2) is 4.79 Å². The lowest BCUT2D eigenvalue weighted by molar-refractivity contribution is -0.158. The van der Waals surface area contributed by atoms with E-state index in [0.29, 0.717) is 0 Å². The van der Waals surface area contributed by atoms with Crippen molar-refractivity contribution in [2.45, 2.75) is 0 Å². The molecule has 0 aliphatic rings. The highest BCUT2D eigenvalue weighted by Crippen LogP contribution is 1.91. The van der Waals surface area contributed by atoms with Crippen molar-refractivity contribution in [2.75, 3.05) is 19.7 Å². The Bertz CT molecular complexity index is 354. The van der Waals surface area contributed by atoms with E-state index < -0.39 is 11.9 Å². The smallest absolute Gasteiger partial charge is 0.398 e. The van der Waals surface area contributed by atoms with Gasteiger partial charge in [0, 0.05) is 0 Å². The second-order valence-electron chi connectivity index (χ2n) is 2.26. The quantitative estimate of drug-likeness (QED) is 0.256. The van der Waals surface area contributed by atoms with Gasteiger partial charge in [0.1, 0.15) is 13.1 Å². The van der Waals surface area contributed by atoms with Crippen LogP contribution in [0.1, 0.15) is 0 Å². The van der Waals surface area contributed by atoms with Crippen molar-refractivity contribution in [1.82, 2.24) is 4.90 Å². The predicted molar refractivity (Wildman–Crippen MR) is 47.6 cm³/mol. The van der Waals surface area contributed by atoms with Gasteiger partial charge in [0.05, 0.1) is 12.1 Å². The predicted octanol–water partition coefficient (Wildman–Crippen LogP) is -0.961. The molecule has 0 saturated carbocycles. The third-order valence-corrected chi connectivity index (χ3v) is 1.27. The Kier molecular flexibility index (Phi) is 5.77. The lowest BCUT2D eigenvalue weighted by Gasteiger charge is -2.13. The molecule has 0 heterocycles. The Balaban J connectivity index is 4.39. The molecule has 0 atom stereocenters. The molecule has 0 spiro atoms. The first-order valence-corrected chi connectivity index (χ1v) is 3.80. The molecule has 0 unspecified atom stereocenters. The number of esters is 1. The lowest BCUT2D eigenvalue weighted by atomic mass is 10.4. The zero-order valence-corrected chi connectivity index (χ0v) is 7.77. The number of amides is 1. The average Bonchev–Trinajstić information content (AvgIpc) is 2.24. The standard InChI is InChI=1S/C9H7N3O3/c1-2-7-15-9(14)8(13)12(5-3-10)6-4-11/h1H,5-7H2. The van der Waals surface area contributed by atoms with Crippen molar-refractivity contribution in [2.24, 2.45) is 0 Å². The number of rotatable bonds is 3. The number of terminal acetylenes is 1. The van der Waals surface area contributed by atoms with E-state index in [9.17, 15) is 9.59 Å². The Morgan fingerprint density at radius 3 is 2.20 bits per heavy atom. The average molecular weight is 205 g/mol. The maximum atomic E-state index is 11.2. The van der Waals surface area contributed by atoms with E-state index in [1.165, 1.54) is 0 Å². The lowest BCUT2D eigenvalue weighted by Crippen LogP contribution is -2.38. The molecule has 0 radical (unpaired) electrons. The maximum absolute atomic E-state index is 11.2. The summed E-state index contributed by atoms with van der Waals surface area (Å²) in [6.45, 7) is -1.02. The monoisotopic (exact) mass is 205 g/mol. The van der Waals surface area contributed by atoms with Gasteiger partial charge in [0.25, 0.3) is 0 Å². The molecule has 0 aliphatic heterocycles. The fourth-order valence-electron chi connectivity index (χ4n) is 0.668. The number of nitriles is 2. The summed E-state index contributed by atoms with van der Waals surface area (Å²) < 4.78 is 4.34. The number of carbonyl (C=O) groups is 2. The van der Waals surface area contributed by atoms with Gasteiger partial charge >= 0.3 is 11.9 Å². The second kappa shape index (κ2) is 6.94. The molecule has 6 heteroatoms. The van der Waals surface area contributed by atoms with Gasteiger partial charge in [0.2, 0.25) is 0 Å². The first kappa shape index (κ1) is 12.5. The molecule has 0 aromatic heterocycles. The van der Waals surface area contributed by atoms with E-state index >= 15 is 0 Å². The van der Waals surface area contributed by atoms with Crippen molar-refractivity contribution >= 4 is 11.9 Å². The van der Waals surface area contributed by atoms with Crippen LogP contribution < -0.4 is 0 Å². The van der Waals surface area contributed by atoms with Crippen LogP contribution in [0.25, 0.3) is 0 Å². The third-order valence-electron chi connectivity index (χ3n) is 1.27. The normalized spacial score (nSPS) is 7.80. The topological polar surface area (TPSA) is 94.2 Å². The molecule has 0 bridgehead atoms. The highest BCUT2D eigenvalue weighted by molar-refractivity contribution is 6.32. The van der Waals surface area contributed by atoms with Crippen molar-refractivity contribution in [3.8, 4) is 24.5 Å². The van der Waals surface area contributed by atoms with E-state index in [1.807, 2.05) is 5.92 Å². The zero-order valence-electron chi connectivity index (χ0n) is 7.77. The molecule has 1 amide bonds. The minimum Gasteiger partial charge on any atom is -0.445 e. The molecule has 0 rings (SSSR count). The molecule has 76 valence electrons. The summed E-state index contributed by atoms with van der Waals surface area (Å²) in [5, 5.41) is 16.7. The fourth-order valence-corrected chi connectivity index (χ4v) is 0.668. The molecule has 15 heavy (non-hydrogen) atoms. The molecule has 0 aliphatic carbocycles. The third kappa shape index (κ3) is 4.31. The SMILES string of the molecule is C#CCOC(=O)C(=O)N(CC#N)CC#N. The maximum Gasteiger partial charge on any atom is 0.398 e. The number of ether oxygens (including phenoxy) is 1. The van der Waals surface area contributed by atoms with E-state index in [0.717, 1.165) is 4.90 Å². The summed E-state index contributed by atoms with van der Waals surface area (Å²) in [6, 6.07) is 3.30. The van der Waals surface area contributed by atoms with Crippen LogP contribution in [-0.4, -0.2) is 36.5 Å². The first-order chi connectivity index (χ1) is 7.17. The van der Waals surface area contributed by atoms with E-state index in [1.54, 1.807) is 12.1 Å². The molecule has 0 aromatic rings. The number of hydrogen-bond donors (Lipinski definition) is 0. The van der Waals surface area contributed by atoms with Crippen molar-refractivity contribution < 1.29 is 14.3 Å². The Morgan fingerprint density at radius 2 is 1.80 bits per heavy atom. The van der Waals surface area contributed by atoms with Gasteiger partial charge in [0.15, 0.2) is 6.61 Å². The minimum atomic E-state index is -1.17. The molecule has 0 aromatic carbocycles. The summed E-state index contributed by atoms with van der Waals surface area (Å²) in [7, 11) is 0. The van der Waals surface area contributed by atoms with Gasteiger partial charge in [-0.05, 0) is 0 Å². The van der Waals surface area contributed by atoms with Crippen LogP contribution in [0, 0.1) is 35.0 Å². The minimum absolute atomic E-state index is 0.322. The number of hydrogen-bond acceptors (Lipinski definition) is 5. The van der Waals surface area contributed by atoms with Gasteiger partial charge in [-0.2, -0.15) is 10.5 Å². The van der Waals surface area contributed by atoms with Gasteiger partial charge in [-0.3, -0.25) is 4.79 Å². The van der Waals surface area contributed by atoms with Crippen LogP contribution in [0.4, 0.5) is 0 Å². The molecule has 6 nitrogen and oxygen atoms in total. The van der Waals surface area contributed by atoms with Crippen molar-refractivity contribution in [3.05, 3.63) is 0 Å². The van der Waals surface area contributed by atoms with Crippen molar-refractivity contribution in [3.63, 3.8) is 0 Å². The van der Waals surface area contributed by atoms with Crippen LogP contribution in [0.2, 0.25) is 0 Å². The second-order valence-corrected chi connectivity index (χ2v) is 2.26. The van der Waals surface area contributed by atoms with Gasteiger partial charge in [-0.1, -0.05) is 5.92 Å². The molecule has 0 saturated heterocycles. The van der Waals surface area contributed by atoms with Crippen LogP contribution in [0.3, 0.4) is 0 Å². The summed E-state index contributed by atoms with van der Waals surface area (Å²) in [6.07, 6.45) is 4.81. The first-order valence-electron chi connectivity index (χ1n) is 3.80. The molecular formula is C9H7N3O3. The molecule has 0 N–H and O–H groups in total. The fraction of sp³-hybridized carbons (Fsp3) is 0.333. The van der Waals surface area contributed by atoms with Crippen LogP contribution >= 0.6 is 0 Å². The molecular weight excluding hydrogens is 198 g/mol. The summed E-state index contributed by atoms with van der Waals surface area (Å²) in [5.74, 6) is -0.203. The Morgan fingerprint density at radius 1 is 1.27 bits per heavy atom. The van der Waals surface area contributed by atoms with Gasteiger partial charge in [-0.15, -0.1) is 6.42 Å². The highest BCUT2D eigenvalue weighted by atomic mass is 16.5. The summed E-state index contributed by atoms with van der Waals surface area (Å²) in [4.78, 5) is 22.9. The highest BCUT2D eigenvalue weighted by Gasteiger charge is 2.22. The summed E-state index contributed by atoms with van der Waals surface area (Å²) >= 11 is 0.